The van der Waals surface area contributed by atoms with Gasteiger partial charge in [0.2, 0.25) is 0 Å². The summed E-state index contributed by atoms with van der Waals surface area (Å²) in [6.45, 7) is 5.50. The summed E-state index contributed by atoms with van der Waals surface area (Å²) in [5.74, 6) is -0.181. The van der Waals surface area contributed by atoms with Crippen LogP contribution in [0.4, 0.5) is 0 Å². The second kappa shape index (κ2) is 9.05. The number of amides is 2. The van der Waals surface area contributed by atoms with E-state index < -0.39 is 0 Å². The second-order valence-electron chi connectivity index (χ2n) is 7.65. The van der Waals surface area contributed by atoms with Crippen molar-refractivity contribution in [2.24, 2.45) is 0 Å². The summed E-state index contributed by atoms with van der Waals surface area (Å²) >= 11 is 0. The number of rotatable bonds is 5. The van der Waals surface area contributed by atoms with Crippen LogP contribution in [-0.4, -0.2) is 62.2 Å². The molecule has 4 rings (SSSR count). The SMILES string of the molecule is CC1CN(C(=O)c2ccc(CNC(=O)c3ccc(-n4cnnn4)cc3)cc2)CC(C)O1. The van der Waals surface area contributed by atoms with Crippen molar-refractivity contribution >= 4 is 11.8 Å². The van der Waals surface area contributed by atoms with Crippen molar-refractivity contribution in [3.05, 3.63) is 71.5 Å². The van der Waals surface area contributed by atoms with Gasteiger partial charge < -0.3 is 15.0 Å². The average molecular weight is 420 g/mol. The van der Waals surface area contributed by atoms with Crippen molar-refractivity contribution in [2.75, 3.05) is 13.1 Å². The first kappa shape index (κ1) is 20.7. The Morgan fingerprint density at radius 1 is 1.00 bits per heavy atom. The van der Waals surface area contributed by atoms with Crippen molar-refractivity contribution in [1.82, 2.24) is 30.4 Å². The normalized spacial score (nSPS) is 18.6. The van der Waals surface area contributed by atoms with Gasteiger partial charge >= 0.3 is 0 Å². The van der Waals surface area contributed by atoms with E-state index in [4.69, 9.17) is 4.74 Å². The van der Waals surface area contributed by atoms with Gasteiger partial charge in [-0.3, -0.25) is 9.59 Å². The van der Waals surface area contributed by atoms with E-state index >= 15 is 0 Å². The highest BCUT2D eigenvalue weighted by molar-refractivity contribution is 5.95. The van der Waals surface area contributed by atoms with Crippen LogP contribution in [0.15, 0.2) is 54.9 Å². The zero-order valence-electron chi connectivity index (χ0n) is 17.4. The molecule has 0 spiro atoms. The van der Waals surface area contributed by atoms with Crippen LogP contribution < -0.4 is 5.32 Å². The van der Waals surface area contributed by atoms with E-state index in [0.29, 0.717) is 30.8 Å². The number of carbonyl (C=O) groups is 2. The summed E-state index contributed by atoms with van der Waals surface area (Å²) in [5.41, 5.74) is 2.86. The average Bonchev–Trinajstić information content (AvgIpc) is 3.32. The maximum atomic E-state index is 12.8. The lowest BCUT2D eigenvalue weighted by molar-refractivity contribution is -0.0586. The molecule has 2 amide bonds. The van der Waals surface area contributed by atoms with Crippen LogP contribution in [0, 0.1) is 0 Å². The molecular weight excluding hydrogens is 396 g/mol. The third kappa shape index (κ3) is 4.95. The molecule has 1 saturated heterocycles. The Morgan fingerprint density at radius 2 is 1.65 bits per heavy atom. The van der Waals surface area contributed by atoms with Gasteiger partial charge in [0.15, 0.2) is 0 Å². The van der Waals surface area contributed by atoms with Crippen LogP contribution in [0.25, 0.3) is 5.69 Å². The van der Waals surface area contributed by atoms with Gasteiger partial charge in [0, 0.05) is 30.8 Å². The minimum Gasteiger partial charge on any atom is -0.372 e. The monoisotopic (exact) mass is 420 g/mol. The molecule has 1 fully saturated rings. The van der Waals surface area contributed by atoms with Crippen molar-refractivity contribution in [3.8, 4) is 5.69 Å². The minimum absolute atomic E-state index is 0.000238. The van der Waals surface area contributed by atoms with Gasteiger partial charge in [0.25, 0.3) is 11.8 Å². The number of aromatic nitrogens is 4. The molecule has 3 aromatic rings. The fourth-order valence-corrected chi connectivity index (χ4v) is 3.62. The molecule has 0 aliphatic carbocycles. The Kier molecular flexibility index (Phi) is 6.03. The van der Waals surface area contributed by atoms with Gasteiger partial charge in [-0.2, -0.15) is 0 Å². The summed E-state index contributed by atoms with van der Waals surface area (Å²) < 4.78 is 7.21. The van der Waals surface area contributed by atoms with Gasteiger partial charge in [-0.15, -0.1) is 5.10 Å². The molecule has 2 atom stereocenters. The molecule has 160 valence electrons. The number of benzene rings is 2. The maximum Gasteiger partial charge on any atom is 0.254 e. The number of nitrogens with zero attached hydrogens (tertiary/aromatic N) is 5. The first-order chi connectivity index (χ1) is 15.0. The summed E-state index contributed by atoms with van der Waals surface area (Å²) in [4.78, 5) is 27.0. The standard InChI is InChI=1S/C22H24N6O3/c1-15-12-27(13-16(2)31-15)22(30)19-5-3-17(4-6-19)11-23-21(29)18-7-9-20(10-8-18)28-14-24-25-26-28/h3-10,14-16H,11-13H2,1-2H3,(H,23,29). The van der Waals surface area contributed by atoms with Crippen LogP contribution in [0.1, 0.15) is 40.1 Å². The molecule has 1 aliphatic rings. The van der Waals surface area contributed by atoms with Crippen LogP contribution >= 0.6 is 0 Å². The molecular formula is C22H24N6O3. The van der Waals surface area contributed by atoms with E-state index in [-0.39, 0.29) is 24.0 Å². The summed E-state index contributed by atoms with van der Waals surface area (Å²) in [6, 6.07) is 14.3. The van der Waals surface area contributed by atoms with Crippen molar-refractivity contribution in [1.29, 1.82) is 0 Å². The van der Waals surface area contributed by atoms with E-state index in [1.54, 1.807) is 36.4 Å². The molecule has 1 aliphatic heterocycles. The molecule has 1 N–H and O–H groups in total. The lowest BCUT2D eigenvalue weighted by Gasteiger charge is -2.35. The van der Waals surface area contributed by atoms with E-state index in [9.17, 15) is 9.59 Å². The Labute approximate surface area is 180 Å². The van der Waals surface area contributed by atoms with Crippen LogP contribution in [0.3, 0.4) is 0 Å². The maximum absolute atomic E-state index is 12.8. The first-order valence-corrected chi connectivity index (χ1v) is 10.1. The summed E-state index contributed by atoms with van der Waals surface area (Å²) in [7, 11) is 0. The molecule has 2 aromatic carbocycles. The number of hydrogen-bond acceptors (Lipinski definition) is 6. The van der Waals surface area contributed by atoms with E-state index in [1.165, 1.54) is 11.0 Å². The number of nitrogens with one attached hydrogen (secondary N) is 1. The molecule has 9 heteroatoms. The molecule has 0 bridgehead atoms. The van der Waals surface area contributed by atoms with Gasteiger partial charge in [0.05, 0.1) is 17.9 Å². The van der Waals surface area contributed by atoms with Crippen molar-refractivity contribution < 1.29 is 14.3 Å². The van der Waals surface area contributed by atoms with Gasteiger partial charge in [0.1, 0.15) is 6.33 Å². The Hall–Kier alpha value is -3.59. The number of ether oxygens (including phenoxy) is 1. The predicted octanol–water partition coefficient (Wildman–Crippen LogP) is 1.84. The smallest absolute Gasteiger partial charge is 0.254 e. The Balaban J connectivity index is 1.33. The molecule has 1 aromatic heterocycles. The number of tetrazole rings is 1. The van der Waals surface area contributed by atoms with Gasteiger partial charge in [-0.25, -0.2) is 4.68 Å². The van der Waals surface area contributed by atoms with Crippen LogP contribution in [0.2, 0.25) is 0 Å². The summed E-state index contributed by atoms with van der Waals surface area (Å²) in [5, 5.41) is 13.9. The molecule has 0 radical (unpaired) electrons. The Bertz CT molecular complexity index is 1020. The zero-order chi connectivity index (χ0) is 21.8. The second-order valence-corrected chi connectivity index (χ2v) is 7.65. The third-order valence-corrected chi connectivity index (χ3v) is 5.10. The number of morpholine rings is 1. The van der Waals surface area contributed by atoms with Gasteiger partial charge in [-0.1, -0.05) is 12.1 Å². The highest BCUT2D eigenvalue weighted by atomic mass is 16.5. The zero-order valence-corrected chi connectivity index (χ0v) is 17.4. The van der Waals surface area contributed by atoms with Crippen LogP contribution in [0.5, 0.6) is 0 Å². The van der Waals surface area contributed by atoms with Gasteiger partial charge in [-0.05, 0) is 66.2 Å². The predicted molar refractivity (Wildman–Crippen MR) is 113 cm³/mol. The summed E-state index contributed by atoms with van der Waals surface area (Å²) in [6.07, 6.45) is 1.55. The van der Waals surface area contributed by atoms with Crippen LogP contribution in [-0.2, 0) is 11.3 Å². The molecule has 0 saturated carbocycles. The highest BCUT2D eigenvalue weighted by Crippen LogP contribution is 2.15. The van der Waals surface area contributed by atoms with E-state index in [0.717, 1.165) is 11.3 Å². The molecule has 9 nitrogen and oxygen atoms in total. The third-order valence-electron chi connectivity index (χ3n) is 5.10. The lowest BCUT2D eigenvalue weighted by atomic mass is 10.1. The quantitative estimate of drug-likeness (QED) is 0.676. The topological polar surface area (TPSA) is 102 Å². The first-order valence-electron chi connectivity index (χ1n) is 10.1. The fourth-order valence-electron chi connectivity index (χ4n) is 3.62. The van der Waals surface area contributed by atoms with E-state index in [1.807, 2.05) is 30.9 Å². The molecule has 31 heavy (non-hydrogen) atoms. The fraction of sp³-hybridized carbons (Fsp3) is 0.318. The highest BCUT2D eigenvalue weighted by Gasteiger charge is 2.26. The molecule has 2 heterocycles. The van der Waals surface area contributed by atoms with Crippen molar-refractivity contribution in [2.45, 2.75) is 32.6 Å². The largest absolute Gasteiger partial charge is 0.372 e. The number of hydrogen-bond donors (Lipinski definition) is 1. The van der Waals surface area contributed by atoms with E-state index in [2.05, 4.69) is 20.8 Å². The Morgan fingerprint density at radius 3 is 2.26 bits per heavy atom. The lowest BCUT2D eigenvalue weighted by Crippen LogP contribution is -2.48. The minimum atomic E-state index is -0.181. The molecule has 2 unspecified atom stereocenters. The number of carbonyl (C=O) groups excluding carboxylic acids is 2. The van der Waals surface area contributed by atoms with Crippen molar-refractivity contribution in [3.63, 3.8) is 0 Å².